The van der Waals surface area contributed by atoms with Crippen LogP contribution in [0.3, 0.4) is 0 Å². The van der Waals surface area contributed by atoms with E-state index in [9.17, 15) is 0 Å². The molecular weight excluding hydrogens is 236 g/mol. The van der Waals surface area contributed by atoms with Gasteiger partial charge in [-0.2, -0.15) is 0 Å². The van der Waals surface area contributed by atoms with Crippen LogP contribution >= 0.6 is 0 Å². The fraction of sp³-hybridized carbons (Fsp3) is 0.600. The number of aryl methyl sites for hydroxylation is 1. The molecule has 1 heterocycles. The van der Waals surface area contributed by atoms with E-state index in [-0.39, 0.29) is 0 Å². The van der Waals surface area contributed by atoms with Crippen molar-refractivity contribution in [2.45, 2.75) is 13.3 Å². The summed E-state index contributed by atoms with van der Waals surface area (Å²) in [6, 6.07) is 6.04. The van der Waals surface area contributed by atoms with Crippen LogP contribution in [0.4, 0.5) is 11.4 Å². The molecule has 0 radical (unpaired) electrons. The average molecular weight is 262 g/mol. The molecule has 0 saturated carbocycles. The van der Waals surface area contributed by atoms with Gasteiger partial charge < -0.3 is 20.9 Å². The van der Waals surface area contributed by atoms with Gasteiger partial charge in [-0.25, -0.2) is 0 Å². The van der Waals surface area contributed by atoms with Crippen LogP contribution in [0, 0.1) is 6.92 Å². The summed E-state index contributed by atoms with van der Waals surface area (Å²) in [4.78, 5) is 4.95. The van der Waals surface area contributed by atoms with Crippen LogP contribution in [0.2, 0.25) is 0 Å². The molecule has 0 atom stereocenters. The van der Waals surface area contributed by atoms with E-state index in [2.05, 4.69) is 35.2 Å². The number of benzene rings is 1. The van der Waals surface area contributed by atoms with Gasteiger partial charge in [0.1, 0.15) is 0 Å². The first-order chi connectivity index (χ1) is 9.15. The van der Waals surface area contributed by atoms with Crippen molar-refractivity contribution in [1.82, 2.24) is 9.80 Å². The highest BCUT2D eigenvalue weighted by Gasteiger charge is 2.12. The average Bonchev–Trinajstić information content (AvgIpc) is 2.39. The van der Waals surface area contributed by atoms with Gasteiger partial charge in [0, 0.05) is 44.1 Å². The summed E-state index contributed by atoms with van der Waals surface area (Å²) < 4.78 is 0. The maximum atomic E-state index is 5.75. The topological polar surface area (TPSA) is 44.5 Å². The van der Waals surface area contributed by atoms with E-state index in [0.717, 1.165) is 12.2 Å². The second-order valence-corrected chi connectivity index (χ2v) is 5.50. The molecule has 1 aliphatic rings. The summed E-state index contributed by atoms with van der Waals surface area (Å²) >= 11 is 0. The number of anilines is 2. The fourth-order valence-corrected chi connectivity index (χ4v) is 2.48. The predicted octanol–water partition coefficient (Wildman–Crippen LogP) is 1.63. The van der Waals surface area contributed by atoms with Crippen molar-refractivity contribution in [2.75, 3.05) is 57.4 Å². The van der Waals surface area contributed by atoms with Gasteiger partial charge in [-0.05, 0) is 50.7 Å². The molecule has 0 aliphatic carbocycles. The summed E-state index contributed by atoms with van der Waals surface area (Å²) in [7, 11) is 2.20. The van der Waals surface area contributed by atoms with Gasteiger partial charge in [-0.1, -0.05) is 0 Å². The lowest BCUT2D eigenvalue weighted by molar-refractivity contribution is 0.154. The molecule has 1 aromatic carbocycles. The summed E-state index contributed by atoms with van der Waals surface area (Å²) in [5.74, 6) is 0. The van der Waals surface area contributed by atoms with Crippen molar-refractivity contribution in [3.63, 3.8) is 0 Å². The molecule has 1 aromatic rings. The Labute approximate surface area is 116 Å². The SMILES string of the molecule is Cc1cc(N)ccc1NCCCN1CCN(C)CC1. The second kappa shape index (κ2) is 6.78. The molecule has 0 spiro atoms. The Bertz CT molecular complexity index is 397. The Hall–Kier alpha value is -1.26. The first-order valence-electron chi connectivity index (χ1n) is 7.16. The molecule has 4 nitrogen and oxygen atoms in total. The smallest absolute Gasteiger partial charge is 0.0371 e. The summed E-state index contributed by atoms with van der Waals surface area (Å²) in [5.41, 5.74) is 9.01. The van der Waals surface area contributed by atoms with Gasteiger partial charge >= 0.3 is 0 Å². The molecule has 1 saturated heterocycles. The summed E-state index contributed by atoms with van der Waals surface area (Å²) in [6.45, 7) is 9.12. The van der Waals surface area contributed by atoms with Crippen molar-refractivity contribution >= 4 is 11.4 Å². The number of likely N-dealkylation sites (N-methyl/N-ethyl adjacent to an activating group) is 1. The Balaban J connectivity index is 1.66. The number of rotatable bonds is 5. The molecule has 1 aliphatic heterocycles. The highest BCUT2D eigenvalue weighted by molar-refractivity contribution is 5.57. The van der Waals surface area contributed by atoms with E-state index < -0.39 is 0 Å². The molecule has 0 amide bonds. The second-order valence-electron chi connectivity index (χ2n) is 5.50. The molecule has 0 unspecified atom stereocenters. The zero-order valence-corrected chi connectivity index (χ0v) is 12.2. The highest BCUT2D eigenvalue weighted by Crippen LogP contribution is 2.17. The van der Waals surface area contributed by atoms with Crippen LogP contribution < -0.4 is 11.1 Å². The van der Waals surface area contributed by atoms with Crippen LogP contribution in [0.25, 0.3) is 0 Å². The number of piperazine rings is 1. The maximum absolute atomic E-state index is 5.75. The Morgan fingerprint density at radius 3 is 2.63 bits per heavy atom. The van der Waals surface area contributed by atoms with E-state index in [1.54, 1.807) is 0 Å². The van der Waals surface area contributed by atoms with Crippen molar-refractivity contribution in [1.29, 1.82) is 0 Å². The van der Waals surface area contributed by atoms with Gasteiger partial charge in [-0.3, -0.25) is 0 Å². The third-order valence-corrected chi connectivity index (χ3v) is 3.81. The Morgan fingerprint density at radius 2 is 1.95 bits per heavy atom. The normalized spacial score (nSPS) is 17.6. The summed E-state index contributed by atoms with van der Waals surface area (Å²) in [6.07, 6.45) is 1.19. The molecular formula is C15H26N4. The number of nitrogen functional groups attached to an aromatic ring is 1. The largest absolute Gasteiger partial charge is 0.399 e. The minimum absolute atomic E-state index is 0.834. The van der Waals surface area contributed by atoms with Crippen LogP contribution in [0.15, 0.2) is 18.2 Å². The van der Waals surface area contributed by atoms with Crippen molar-refractivity contribution < 1.29 is 0 Å². The van der Waals surface area contributed by atoms with Crippen molar-refractivity contribution in [2.24, 2.45) is 0 Å². The van der Waals surface area contributed by atoms with E-state index in [4.69, 9.17) is 5.73 Å². The monoisotopic (exact) mass is 262 g/mol. The van der Waals surface area contributed by atoms with E-state index in [1.807, 2.05) is 12.1 Å². The Kier molecular flexibility index (Phi) is 5.05. The lowest BCUT2D eigenvalue weighted by Crippen LogP contribution is -2.44. The van der Waals surface area contributed by atoms with Crippen LogP contribution in [-0.2, 0) is 0 Å². The molecule has 0 aromatic heterocycles. The quantitative estimate of drug-likeness (QED) is 0.625. The summed E-state index contributed by atoms with van der Waals surface area (Å²) in [5, 5.41) is 3.50. The van der Waals surface area contributed by atoms with E-state index >= 15 is 0 Å². The van der Waals surface area contributed by atoms with Crippen LogP contribution in [-0.4, -0.2) is 56.1 Å². The number of nitrogens with zero attached hydrogens (tertiary/aromatic N) is 2. The van der Waals surface area contributed by atoms with Gasteiger partial charge in [0.2, 0.25) is 0 Å². The van der Waals surface area contributed by atoms with Gasteiger partial charge in [0.15, 0.2) is 0 Å². The Morgan fingerprint density at radius 1 is 1.21 bits per heavy atom. The molecule has 0 bridgehead atoms. The molecule has 4 heteroatoms. The fourth-order valence-electron chi connectivity index (χ4n) is 2.48. The minimum Gasteiger partial charge on any atom is -0.399 e. The first kappa shape index (κ1) is 14.2. The molecule has 106 valence electrons. The van der Waals surface area contributed by atoms with Crippen LogP contribution in [0.1, 0.15) is 12.0 Å². The van der Waals surface area contributed by atoms with E-state index in [0.29, 0.717) is 0 Å². The predicted molar refractivity (Wildman–Crippen MR) is 82.6 cm³/mol. The van der Waals surface area contributed by atoms with Crippen LogP contribution in [0.5, 0.6) is 0 Å². The van der Waals surface area contributed by atoms with Gasteiger partial charge in [0.25, 0.3) is 0 Å². The zero-order valence-electron chi connectivity index (χ0n) is 12.2. The van der Waals surface area contributed by atoms with Crippen molar-refractivity contribution in [3.05, 3.63) is 23.8 Å². The lowest BCUT2D eigenvalue weighted by atomic mass is 10.2. The number of hydrogen-bond donors (Lipinski definition) is 2. The minimum atomic E-state index is 0.834. The molecule has 3 N–H and O–H groups in total. The van der Waals surface area contributed by atoms with Crippen molar-refractivity contribution in [3.8, 4) is 0 Å². The molecule has 2 rings (SSSR count). The van der Waals surface area contributed by atoms with Gasteiger partial charge in [-0.15, -0.1) is 0 Å². The molecule has 19 heavy (non-hydrogen) atoms. The highest BCUT2D eigenvalue weighted by atomic mass is 15.2. The third-order valence-electron chi connectivity index (χ3n) is 3.81. The lowest BCUT2D eigenvalue weighted by Gasteiger charge is -2.32. The first-order valence-corrected chi connectivity index (χ1v) is 7.16. The molecule has 1 fully saturated rings. The number of nitrogens with one attached hydrogen (secondary N) is 1. The maximum Gasteiger partial charge on any atom is 0.0371 e. The standard InChI is InChI=1S/C15H26N4/c1-13-12-14(16)4-5-15(13)17-6-3-7-19-10-8-18(2)9-11-19/h4-5,12,17H,3,6-11,16H2,1-2H3. The van der Waals surface area contributed by atoms with E-state index in [1.165, 1.54) is 50.4 Å². The third kappa shape index (κ3) is 4.40. The number of hydrogen-bond acceptors (Lipinski definition) is 4. The zero-order chi connectivity index (χ0) is 13.7. The van der Waals surface area contributed by atoms with Gasteiger partial charge in [0.05, 0.1) is 0 Å². The number of nitrogens with two attached hydrogens (primary N) is 1.